The van der Waals surface area contributed by atoms with Gasteiger partial charge in [0.05, 0.1) is 41.6 Å². The van der Waals surface area contributed by atoms with Crippen LogP contribution in [0.5, 0.6) is 0 Å². The van der Waals surface area contributed by atoms with Crippen LogP contribution in [0.3, 0.4) is 0 Å². The Morgan fingerprint density at radius 2 is 2.14 bits per heavy atom. The van der Waals surface area contributed by atoms with E-state index in [1.54, 1.807) is 6.08 Å². The van der Waals surface area contributed by atoms with Gasteiger partial charge in [-0.2, -0.15) is 0 Å². The van der Waals surface area contributed by atoms with Gasteiger partial charge >= 0.3 is 5.97 Å². The van der Waals surface area contributed by atoms with E-state index in [0.29, 0.717) is 0 Å². The van der Waals surface area contributed by atoms with Gasteiger partial charge in [0, 0.05) is 0 Å². The number of allylic oxidation sites excluding steroid dienone is 3. The number of rotatable bonds is 3. The van der Waals surface area contributed by atoms with Gasteiger partial charge in [-0.3, -0.25) is 0 Å². The van der Waals surface area contributed by atoms with E-state index in [-0.39, 0.29) is 39.3 Å². The molecule has 8 heteroatoms. The fourth-order valence-electron chi connectivity index (χ4n) is 2.12. The van der Waals surface area contributed by atoms with E-state index in [4.69, 9.17) is 33.7 Å². The number of carbonyl (C=O) groups is 1. The molecule has 0 saturated carbocycles. The first-order chi connectivity index (χ1) is 10.4. The van der Waals surface area contributed by atoms with Crippen LogP contribution in [-0.2, 0) is 9.47 Å². The smallest absolute Gasteiger partial charge is 0.358 e. The number of hydrogen-bond acceptors (Lipinski definition) is 5. The van der Waals surface area contributed by atoms with Crippen LogP contribution < -0.4 is 5.73 Å². The Morgan fingerprint density at radius 1 is 1.45 bits per heavy atom. The van der Waals surface area contributed by atoms with Crippen molar-refractivity contribution >= 4 is 34.9 Å². The second-order valence-electron chi connectivity index (χ2n) is 4.51. The average molecular weight is 347 g/mol. The predicted molar refractivity (Wildman–Crippen MR) is 81.4 cm³/mol. The van der Waals surface area contributed by atoms with Crippen molar-refractivity contribution in [2.24, 2.45) is 0 Å². The van der Waals surface area contributed by atoms with E-state index in [2.05, 4.69) is 9.72 Å². The molecule has 0 radical (unpaired) electrons. The van der Waals surface area contributed by atoms with Crippen LogP contribution in [0.25, 0.3) is 0 Å². The monoisotopic (exact) mass is 346 g/mol. The quantitative estimate of drug-likeness (QED) is 0.847. The van der Waals surface area contributed by atoms with Crippen molar-refractivity contribution in [1.82, 2.24) is 4.98 Å². The minimum atomic E-state index is -0.763. The highest BCUT2D eigenvalue weighted by Crippen LogP contribution is 2.40. The minimum absolute atomic E-state index is 0.0312. The number of methoxy groups -OCH3 is 2. The molecular weight excluding hydrogens is 334 g/mol. The number of anilines is 1. The maximum absolute atomic E-state index is 14.5. The molecule has 1 aromatic heterocycles. The fourth-order valence-corrected chi connectivity index (χ4v) is 2.55. The molecular formula is C14H13Cl2FN2O3. The first kappa shape index (κ1) is 16.6. The molecule has 0 spiro atoms. The number of ether oxygens (including phenoxy) is 2. The maximum Gasteiger partial charge on any atom is 0.358 e. The molecule has 0 bridgehead atoms. The summed E-state index contributed by atoms with van der Waals surface area (Å²) in [5.41, 5.74) is 5.96. The molecule has 1 aliphatic rings. The second-order valence-corrected chi connectivity index (χ2v) is 5.30. The van der Waals surface area contributed by atoms with Crippen molar-refractivity contribution in [3.05, 3.63) is 45.2 Å². The van der Waals surface area contributed by atoms with Crippen molar-refractivity contribution in [3.8, 4) is 0 Å². The Kier molecular flexibility index (Phi) is 4.93. The van der Waals surface area contributed by atoms with Crippen molar-refractivity contribution in [2.45, 2.75) is 12.3 Å². The lowest BCUT2D eigenvalue weighted by molar-refractivity contribution is 0.0594. The number of hydrogen-bond donors (Lipinski definition) is 1. The molecule has 0 fully saturated rings. The SMILES string of the molecule is COC(=O)c1nc(C2CC=C(Cl)C(OC)=C2F)cc(N)c1Cl. The van der Waals surface area contributed by atoms with E-state index >= 15 is 0 Å². The van der Waals surface area contributed by atoms with E-state index in [9.17, 15) is 9.18 Å². The van der Waals surface area contributed by atoms with Crippen LogP contribution >= 0.6 is 23.2 Å². The Balaban J connectivity index is 2.53. The van der Waals surface area contributed by atoms with E-state index in [1.165, 1.54) is 20.3 Å². The Labute approximate surface area is 136 Å². The van der Waals surface area contributed by atoms with Gasteiger partial charge in [0.1, 0.15) is 0 Å². The largest absolute Gasteiger partial charge is 0.492 e. The second kappa shape index (κ2) is 6.54. The summed E-state index contributed by atoms with van der Waals surface area (Å²) in [5.74, 6) is -2.16. The molecule has 0 aliphatic heterocycles. The summed E-state index contributed by atoms with van der Waals surface area (Å²) >= 11 is 11.8. The number of nitrogens with two attached hydrogens (primary N) is 1. The lowest BCUT2D eigenvalue weighted by atomic mass is 9.94. The summed E-state index contributed by atoms with van der Waals surface area (Å²) < 4.78 is 24.0. The number of aromatic nitrogens is 1. The van der Waals surface area contributed by atoms with Gasteiger partial charge in [0.2, 0.25) is 0 Å². The van der Waals surface area contributed by atoms with Gasteiger partial charge in [-0.05, 0) is 12.5 Å². The zero-order valence-corrected chi connectivity index (χ0v) is 13.3. The molecule has 2 N–H and O–H groups in total. The number of nitrogens with zero attached hydrogens (tertiary/aromatic N) is 1. The number of nitrogen functional groups attached to an aromatic ring is 1. The van der Waals surface area contributed by atoms with Crippen LogP contribution in [0, 0.1) is 0 Å². The summed E-state index contributed by atoms with van der Waals surface area (Å²) in [5, 5.41) is 0.155. The molecule has 118 valence electrons. The molecule has 1 aliphatic carbocycles. The molecule has 1 heterocycles. The summed E-state index contributed by atoms with van der Waals surface area (Å²) in [6.45, 7) is 0. The highest BCUT2D eigenvalue weighted by atomic mass is 35.5. The van der Waals surface area contributed by atoms with E-state index < -0.39 is 17.7 Å². The van der Waals surface area contributed by atoms with Crippen molar-refractivity contribution in [3.63, 3.8) is 0 Å². The summed E-state index contributed by atoms with van der Waals surface area (Å²) in [4.78, 5) is 15.8. The highest BCUT2D eigenvalue weighted by Gasteiger charge is 2.29. The Morgan fingerprint density at radius 3 is 2.73 bits per heavy atom. The van der Waals surface area contributed by atoms with Crippen LogP contribution in [0.4, 0.5) is 10.1 Å². The third-order valence-electron chi connectivity index (χ3n) is 3.22. The molecule has 22 heavy (non-hydrogen) atoms. The van der Waals surface area contributed by atoms with E-state index in [0.717, 1.165) is 0 Å². The van der Waals surface area contributed by atoms with Gasteiger partial charge in [-0.1, -0.05) is 29.3 Å². The van der Waals surface area contributed by atoms with Crippen molar-refractivity contribution < 1.29 is 18.7 Å². The van der Waals surface area contributed by atoms with Gasteiger partial charge in [-0.15, -0.1) is 0 Å². The lowest BCUT2D eigenvalue weighted by Crippen LogP contribution is -2.14. The maximum atomic E-state index is 14.5. The topological polar surface area (TPSA) is 74.4 Å². The van der Waals surface area contributed by atoms with Gasteiger partial charge < -0.3 is 15.2 Å². The van der Waals surface area contributed by atoms with Crippen LogP contribution in [0.15, 0.2) is 28.8 Å². The normalized spacial score (nSPS) is 18.0. The van der Waals surface area contributed by atoms with Gasteiger partial charge in [0.25, 0.3) is 0 Å². The summed E-state index contributed by atoms with van der Waals surface area (Å²) in [6.07, 6.45) is 1.87. The standard InChI is InChI=1S/C14H13Cl2FN2O3/c1-21-13-7(15)4-3-6(11(13)17)9-5-8(18)10(16)12(19-9)14(20)22-2/h4-6H,3H2,1-2H3,(H2,18,19). The Hall–Kier alpha value is -1.79. The summed E-state index contributed by atoms with van der Waals surface area (Å²) in [7, 11) is 2.51. The van der Waals surface area contributed by atoms with Crippen LogP contribution in [-0.4, -0.2) is 25.2 Å². The van der Waals surface area contributed by atoms with Crippen LogP contribution in [0.1, 0.15) is 28.5 Å². The average Bonchev–Trinajstić information content (AvgIpc) is 2.50. The molecule has 2 rings (SSSR count). The van der Waals surface area contributed by atoms with E-state index in [1.807, 2.05) is 0 Å². The van der Waals surface area contributed by atoms with Gasteiger partial charge in [0.15, 0.2) is 17.3 Å². The number of carbonyl (C=O) groups excluding carboxylic acids is 1. The zero-order valence-electron chi connectivity index (χ0n) is 11.8. The zero-order chi connectivity index (χ0) is 16.4. The third-order valence-corrected chi connectivity index (χ3v) is 3.94. The molecule has 5 nitrogen and oxygen atoms in total. The molecule has 1 aromatic rings. The Bertz CT molecular complexity index is 689. The molecule has 1 unspecified atom stereocenters. The van der Waals surface area contributed by atoms with Crippen molar-refractivity contribution in [2.75, 3.05) is 20.0 Å². The van der Waals surface area contributed by atoms with Crippen LogP contribution in [0.2, 0.25) is 5.02 Å². The van der Waals surface area contributed by atoms with Crippen molar-refractivity contribution in [1.29, 1.82) is 0 Å². The first-order valence-corrected chi connectivity index (χ1v) is 7.00. The number of pyridine rings is 1. The molecule has 1 atom stereocenters. The minimum Gasteiger partial charge on any atom is -0.492 e. The first-order valence-electron chi connectivity index (χ1n) is 6.24. The highest BCUT2D eigenvalue weighted by molar-refractivity contribution is 6.35. The fraction of sp³-hybridized carbons (Fsp3) is 0.286. The summed E-state index contributed by atoms with van der Waals surface area (Å²) in [6, 6.07) is 1.42. The predicted octanol–water partition coefficient (Wildman–Crippen LogP) is 3.54. The third kappa shape index (κ3) is 2.89. The number of esters is 1. The van der Waals surface area contributed by atoms with Gasteiger partial charge in [-0.25, -0.2) is 14.2 Å². The lowest BCUT2D eigenvalue weighted by Gasteiger charge is -2.21. The molecule has 0 saturated heterocycles. The molecule has 0 amide bonds. The molecule has 0 aromatic carbocycles. The number of halogens is 3.